The average Bonchev–Trinajstić information content (AvgIpc) is 2.62. The van der Waals surface area contributed by atoms with E-state index in [0.717, 1.165) is 19.5 Å². The predicted octanol–water partition coefficient (Wildman–Crippen LogP) is 0.818. The van der Waals surface area contributed by atoms with Crippen molar-refractivity contribution in [2.75, 3.05) is 26.3 Å². The van der Waals surface area contributed by atoms with Crippen molar-refractivity contribution in [1.29, 1.82) is 0 Å². The van der Waals surface area contributed by atoms with Crippen LogP contribution in [0.1, 0.15) is 20.3 Å². The molecule has 2 unspecified atom stereocenters. The van der Waals surface area contributed by atoms with Crippen LogP contribution in [0.5, 0.6) is 0 Å². The second-order valence-corrected chi connectivity index (χ2v) is 3.68. The molecule has 2 atom stereocenters. The first-order chi connectivity index (χ1) is 6.70. The molecule has 0 bridgehead atoms. The molecule has 0 spiro atoms. The van der Waals surface area contributed by atoms with Crippen molar-refractivity contribution >= 4 is 5.97 Å². The van der Waals surface area contributed by atoms with Gasteiger partial charge in [-0.25, -0.2) is 0 Å². The zero-order valence-corrected chi connectivity index (χ0v) is 8.90. The Bertz CT molecular complexity index is 196. The van der Waals surface area contributed by atoms with Gasteiger partial charge in [0.2, 0.25) is 0 Å². The first-order valence-corrected chi connectivity index (χ1v) is 5.25. The van der Waals surface area contributed by atoms with Crippen molar-refractivity contribution in [2.24, 2.45) is 5.92 Å². The second kappa shape index (κ2) is 5.32. The summed E-state index contributed by atoms with van der Waals surface area (Å²) < 4.78 is 5.24. The highest BCUT2D eigenvalue weighted by Gasteiger charge is 2.36. The normalized spacial score (nSPS) is 27.1. The molecule has 4 heteroatoms. The molecule has 0 aromatic rings. The maximum Gasteiger partial charge on any atom is 0.310 e. The largest absolute Gasteiger partial charge is 0.481 e. The monoisotopic (exact) mass is 201 g/mol. The molecule has 0 aromatic heterocycles. The molecule has 1 fully saturated rings. The Morgan fingerprint density at radius 2 is 2.21 bits per heavy atom. The van der Waals surface area contributed by atoms with Crippen LogP contribution in [0.25, 0.3) is 0 Å². The van der Waals surface area contributed by atoms with Gasteiger partial charge >= 0.3 is 5.97 Å². The number of nitrogens with zero attached hydrogens (tertiary/aromatic N) is 1. The van der Waals surface area contributed by atoms with E-state index in [-0.39, 0.29) is 12.0 Å². The Morgan fingerprint density at radius 3 is 2.71 bits per heavy atom. The summed E-state index contributed by atoms with van der Waals surface area (Å²) in [4.78, 5) is 13.1. The summed E-state index contributed by atoms with van der Waals surface area (Å²) in [7, 11) is 0. The van der Waals surface area contributed by atoms with Crippen LogP contribution in [-0.2, 0) is 9.53 Å². The first kappa shape index (κ1) is 11.5. The van der Waals surface area contributed by atoms with E-state index in [2.05, 4.69) is 18.7 Å². The molecule has 1 saturated heterocycles. The van der Waals surface area contributed by atoms with Crippen LogP contribution in [0.3, 0.4) is 0 Å². The molecule has 0 aromatic carbocycles. The zero-order valence-electron chi connectivity index (χ0n) is 8.90. The highest BCUT2D eigenvalue weighted by molar-refractivity contribution is 5.71. The minimum absolute atomic E-state index is 0.0671. The smallest absolute Gasteiger partial charge is 0.310 e. The number of aliphatic carboxylic acids is 1. The van der Waals surface area contributed by atoms with Gasteiger partial charge < -0.3 is 9.84 Å². The van der Waals surface area contributed by atoms with E-state index in [9.17, 15) is 4.79 Å². The average molecular weight is 201 g/mol. The first-order valence-electron chi connectivity index (χ1n) is 5.25. The van der Waals surface area contributed by atoms with E-state index in [1.165, 1.54) is 0 Å². The minimum atomic E-state index is -0.734. The topological polar surface area (TPSA) is 49.8 Å². The van der Waals surface area contributed by atoms with E-state index in [1.54, 1.807) is 0 Å². The van der Waals surface area contributed by atoms with Gasteiger partial charge in [0, 0.05) is 6.04 Å². The molecule has 4 nitrogen and oxygen atoms in total. The van der Waals surface area contributed by atoms with E-state index in [0.29, 0.717) is 13.2 Å². The number of carbonyl (C=O) groups is 1. The third kappa shape index (κ3) is 2.45. The molecule has 1 rings (SSSR count). The van der Waals surface area contributed by atoms with Gasteiger partial charge in [-0.1, -0.05) is 13.8 Å². The molecule has 0 aliphatic carbocycles. The fourth-order valence-corrected chi connectivity index (χ4v) is 1.98. The SMILES string of the molecule is CCCN(CC)C1COCC1C(=O)O. The van der Waals surface area contributed by atoms with Crippen molar-refractivity contribution in [3.05, 3.63) is 0 Å². The van der Waals surface area contributed by atoms with E-state index in [1.807, 2.05) is 0 Å². The summed E-state index contributed by atoms with van der Waals surface area (Å²) in [6, 6.07) is 0.0671. The fourth-order valence-electron chi connectivity index (χ4n) is 1.98. The van der Waals surface area contributed by atoms with Crippen molar-refractivity contribution in [3.63, 3.8) is 0 Å². The lowest BCUT2D eigenvalue weighted by Crippen LogP contribution is -2.43. The van der Waals surface area contributed by atoms with Crippen LogP contribution >= 0.6 is 0 Å². The molecule has 0 radical (unpaired) electrons. The number of ether oxygens (including phenoxy) is 1. The Hall–Kier alpha value is -0.610. The molecular weight excluding hydrogens is 182 g/mol. The standard InChI is InChI=1S/C10H19NO3/c1-3-5-11(4-2)9-7-14-6-8(9)10(12)13/h8-9H,3-7H2,1-2H3,(H,12,13). The van der Waals surface area contributed by atoms with Crippen LogP contribution in [-0.4, -0.2) is 48.3 Å². The number of carboxylic acids is 1. The van der Waals surface area contributed by atoms with Gasteiger partial charge in [-0.05, 0) is 19.5 Å². The van der Waals surface area contributed by atoms with Gasteiger partial charge in [0.25, 0.3) is 0 Å². The zero-order chi connectivity index (χ0) is 10.6. The van der Waals surface area contributed by atoms with Crippen LogP contribution in [0.2, 0.25) is 0 Å². The molecule has 1 aliphatic rings. The third-order valence-electron chi connectivity index (χ3n) is 2.75. The predicted molar refractivity (Wildman–Crippen MR) is 53.3 cm³/mol. The summed E-state index contributed by atoms with van der Waals surface area (Å²) in [5.74, 6) is -1.08. The molecule has 1 N–H and O–H groups in total. The van der Waals surface area contributed by atoms with Gasteiger partial charge in [0.15, 0.2) is 0 Å². The summed E-state index contributed by atoms with van der Waals surface area (Å²) in [6.07, 6.45) is 1.05. The molecule has 14 heavy (non-hydrogen) atoms. The van der Waals surface area contributed by atoms with E-state index < -0.39 is 5.97 Å². The van der Waals surface area contributed by atoms with Crippen molar-refractivity contribution in [2.45, 2.75) is 26.3 Å². The Balaban J connectivity index is 2.59. The molecule has 82 valence electrons. The fraction of sp³-hybridized carbons (Fsp3) is 0.900. The lowest BCUT2D eigenvalue weighted by Gasteiger charge is -2.28. The number of hydrogen-bond acceptors (Lipinski definition) is 3. The maximum absolute atomic E-state index is 10.9. The Kier molecular flexibility index (Phi) is 4.35. The van der Waals surface area contributed by atoms with Crippen LogP contribution in [0, 0.1) is 5.92 Å². The van der Waals surface area contributed by atoms with Gasteiger partial charge in [-0.3, -0.25) is 9.69 Å². The van der Waals surface area contributed by atoms with Gasteiger partial charge in [0.1, 0.15) is 0 Å². The van der Waals surface area contributed by atoms with Gasteiger partial charge in [-0.2, -0.15) is 0 Å². The van der Waals surface area contributed by atoms with Gasteiger partial charge in [-0.15, -0.1) is 0 Å². The Morgan fingerprint density at radius 1 is 1.50 bits per heavy atom. The van der Waals surface area contributed by atoms with Gasteiger partial charge in [0.05, 0.1) is 19.1 Å². The number of rotatable bonds is 5. The Labute approximate surface area is 84.8 Å². The quantitative estimate of drug-likeness (QED) is 0.715. The lowest BCUT2D eigenvalue weighted by atomic mass is 10.0. The number of carboxylic acid groups (broad SMARTS) is 1. The van der Waals surface area contributed by atoms with Crippen molar-refractivity contribution < 1.29 is 14.6 Å². The maximum atomic E-state index is 10.9. The summed E-state index contributed by atoms with van der Waals surface area (Å²) in [5.41, 5.74) is 0. The van der Waals surface area contributed by atoms with Crippen LogP contribution < -0.4 is 0 Å². The molecule has 0 saturated carbocycles. The molecular formula is C10H19NO3. The summed E-state index contributed by atoms with van der Waals surface area (Å²) in [6.45, 7) is 6.94. The van der Waals surface area contributed by atoms with E-state index >= 15 is 0 Å². The van der Waals surface area contributed by atoms with Crippen LogP contribution in [0.4, 0.5) is 0 Å². The number of likely N-dealkylation sites (N-methyl/N-ethyl adjacent to an activating group) is 1. The molecule has 1 heterocycles. The molecule has 0 amide bonds. The van der Waals surface area contributed by atoms with E-state index in [4.69, 9.17) is 9.84 Å². The summed E-state index contributed by atoms with van der Waals surface area (Å²) in [5, 5.41) is 8.99. The van der Waals surface area contributed by atoms with Crippen molar-refractivity contribution in [1.82, 2.24) is 4.90 Å². The van der Waals surface area contributed by atoms with Crippen LogP contribution in [0.15, 0.2) is 0 Å². The van der Waals surface area contributed by atoms with Crippen molar-refractivity contribution in [3.8, 4) is 0 Å². The lowest BCUT2D eigenvalue weighted by molar-refractivity contribution is -0.143. The third-order valence-corrected chi connectivity index (χ3v) is 2.75. The second-order valence-electron chi connectivity index (χ2n) is 3.68. The summed E-state index contributed by atoms with van der Waals surface area (Å²) >= 11 is 0. The minimum Gasteiger partial charge on any atom is -0.481 e. The highest BCUT2D eigenvalue weighted by atomic mass is 16.5. The number of hydrogen-bond donors (Lipinski definition) is 1. The highest BCUT2D eigenvalue weighted by Crippen LogP contribution is 2.19. The molecule has 1 aliphatic heterocycles.